The standard InChI is InChI=1S/C14H9N3OS/c15-8-9-7-10(16)5-6-12(9)18-14-17-11-3-1-2-4-13(11)19-14/h1-7H,16H2. The minimum atomic E-state index is 0.402. The highest BCUT2D eigenvalue weighted by atomic mass is 32.1. The summed E-state index contributed by atoms with van der Waals surface area (Å²) in [6, 6.07) is 14.8. The summed E-state index contributed by atoms with van der Waals surface area (Å²) in [5, 5.41) is 9.57. The number of nitriles is 1. The number of nitrogens with zero attached hydrogens (tertiary/aromatic N) is 2. The van der Waals surface area contributed by atoms with E-state index in [0.717, 1.165) is 10.2 Å². The fraction of sp³-hybridized carbons (Fsp3) is 0. The second kappa shape index (κ2) is 4.59. The van der Waals surface area contributed by atoms with Gasteiger partial charge in [-0.1, -0.05) is 23.5 Å². The molecule has 1 heterocycles. The molecular weight excluding hydrogens is 258 g/mol. The van der Waals surface area contributed by atoms with Crippen LogP contribution in [0.5, 0.6) is 10.9 Å². The summed E-state index contributed by atoms with van der Waals surface area (Å²) in [6.45, 7) is 0. The maximum absolute atomic E-state index is 9.06. The Morgan fingerprint density at radius 1 is 1.21 bits per heavy atom. The number of anilines is 1. The largest absolute Gasteiger partial charge is 0.429 e. The minimum Gasteiger partial charge on any atom is -0.429 e. The molecule has 3 aromatic rings. The topological polar surface area (TPSA) is 71.9 Å². The molecule has 0 aliphatic rings. The van der Waals surface area contributed by atoms with E-state index in [1.165, 1.54) is 11.3 Å². The highest BCUT2D eigenvalue weighted by Gasteiger charge is 2.09. The van der Waals surface area contributed by atoms with Crippen molar-refractivity contribution in [3.8, 4) is 17.0 Å². The molecule has 0 atom stereocenters. The number of nitrogen functional groups attached to an aromatic ring is 1. The second-order valence-electron chi connectivity index (χ2n) is 3.92. The molecule has 0 bridgehead atoms. The van der Waals surface area contributed by atoms with Crippen LogP contribution < -0.4 is 10.5 Å². The number of benzene rings is 2. The van der Waals surface area contributed by atoms with Gasteiger partial charge in [-0.3, -0.25) is 0 Å². The number of hydrogen-bond donors (Lipinski definition) is 1. The number of fused-ring (bicyclic) bond motifs is 1. The molecule has 0 unspecified atom stereocenters. The predicted molar refractivity (Wildman–Crippen MR) is 75.3 cm³/mol. The van der Waals surface area contributed by atoms with Gasteiger partial charge in [-0.05, 0) is 30.3 Å². The van der Waals surface area contributed by atoms with Gasteiger partial charge in [0.1, 0.15) is 11.8 Å². The average molecular weight is 267 g/mol. The number of nitrogens with two attached hydrogens (primary N) is 1. The summed E-state index contributed by atoms with van der Waals surface area (Å²) >= 11 is 1.44. The van der Waals surface area contributed by atoms with Gasteiger partial charge in [-0.15, -0.1) is 0 Å². The van der Waals surface area contributed by atoms with E-state index in [4.69, 9.17) is 15.7 Å². The lowest BCUT2D eigenvalue weighted by Gasteiger charge is -2.04. The Kier molecular flexibility index (Phi) is 2.78. The smallest absolute Gasteiger partial charge is 0.279 e. The Balaban J connectivity index is 1.99. The minimum absolute atomic E-state index is 0.402. The zero-order chi connectivity index (χ0) is 13.2. The van der Waals surface area contributed by atoms with Gasteiger partial charge in [-0.2, -0.15) is 5.26 Å². The Bertz CT molecular complexity index is 756. The number of para-hydroxylation sites is 1. The Morgan fingerprint density at radius 2 is 2.05 bits per heavy atom. The summed E-state index contributed by atoms with van der Waals surface area (Å²) in [6.07, 6.45) is 0. The second-order valence-corrected chi connectivity index (χ2v) is 4.91. The maximum Gasteiger partial charge on any atom is 0.279 e. The van der Waals surface area contributed by atoms with Gasteiger partial charge < -0.3 is 10.5 Å². The van der Waals surface area contributed by atoms with E-state index in [9.17, 15) is 0 Å². The van der Waals surface area contributed by atoms with E-state index in [2.05, 4.69) is 11.1 Å². The lowest BCUT2D eigenvalue weighted by Crippen LogP contribution is -1.90. The van der Waals surface area contributed by atoms with Gasteiger partial charge in [0.2, 0.25) is 0 Å². The van der Waals surface area contributed by atoms with Crippen molar-refractivity contribution >= 4 is 27.2 Å². The molecule has 0 fully saturated rings. The average Bonchev–Trinajstić information content (AvgIpc) is 2.83. The van der Waals surface area contributed by atoms with Crippen LogP contribution in [-0.4, -0.2) is 4.98 Å². The van der Waals surface area contributed by atoms with Crippen LogP contribution in [0.15, 0.2) is 42.5 Å². The molecule has 2 N–H and O–H groups in total. The third kappa shape index (κ3) is 2.21. The van der Waals surface area contributed by atoms with Crippen LogP contribution in [-0.2, 0) is 0 Å². The fourth-order valence-electron chi connectivity index (χ4n) is 1.71. The Labute approximate surface area is 113 Å². The highest BCUT2D eigenvalue weighted by Crippen LogP contribution is 2.32. The van der Waals surface area contributed by atoms with Crippen molar-refractivity contribution in [2.75, 3.05) is 5.73 Å². The predicted octanol–water partition coefficient (Wildman–Crippen LogP) is 3.54. The summed E-state index contributed by atoms with van der Waals surface area (Å²) in [7, 11) is 0. The van der Waals surface area contributed by atoms with Crippen molar-refractivity contribution in [1.82, 2.24) is 4.98 Å². The molecule has 0 amide bonds. The highest BCUT2D eigenvalue weighted by molar-refractivity contribution is 7.20. The molecule has 5 heteroatoms. The molecule has 19 heavy (non-hydrogen) atoms. The molecule has 92 valence electrons. The quantitative estimate of drug-likeness (QED) is 0.721. The fourth-order valence-corrected chi connectivity index (χ4v) is 2.54. The van der Waals surface area contributed by atoms with E-state index in [-0.39, 0.29) is 0 Å². The first-order valence-corrected chi connectivity index (χ1v) is 6.41. The van der Waals surface area contributed by atoms with Gasteiger partial charge in [0.05, 0.1) is 15.8 Å². The monoisotopic (exact) mass is 267 g/mol. The first kappa shape index (κ1) is 11.5. The van der Waals surface area contributed by atoms with Crippen molar-refractivity contribution in [2.45, 2.75) is 0 Å². The van der Waals surface area contributed by atoms with Crippen molar-refractivity contribution in [3.05, 3.63) is 48.0 Å². The van der Waals surface area contributed by atoms with Gasteiger partial charge in [0.15, 0.2) is 0 Å². The first-order valence-electron chi connectivity index (χ1n) is 5.59. The van der Waals surface area contributed by atoms with Gasteiger partial charge in [-0.25, -0.2) is 4.98 Å². The van der Waals surface area contributed by atoms with Crippen molar-refractivity contribution in [2.24, 2.45) is 0 Å². The van der Waals surface area contributed by atoms with Gasteiger partial charge in [0.25, 0.3) is 5.19 Å². The lowest BCUT2D eigenvalue weighted by molar-refractivity contribution is 0.478. The van der Waals surface area contributed by atoms with Crippen LogP contribution >= 0.6 is 11.3 Å². The summed E-state index contributed by atoms with van der Waals surface area (Å²) < 4.78 is 6.72. The Hall–Kier alpha value is -2.58. The summed E-state index contributed by atoms with van der Waals surface area (Å²) in [4.78, 5) is 4.36. The van der Waals surface area contributed by atoms with Gasteiger partial charge in [0, 0.05) is 5.69 Å². The van der Waals surface area contributed by atoms with Crippen LogP contribution in [0.25, 0.3) is 10.2 Å². The zero-order valence-corrected chi connectivity index (χ0v) is 10.6. The van der Waals surface area contributed by atoms with E-state index in [1.807, 2.05) is 24.3 Å². The number of thiazole rings is 1. The molecule has 2 aromatic carbocycles. The van der Waals surface area contributed by atoms with E-state index in [1.54, 1.807) is 18.2 Å². The number of hydrogen-bond acceptors (Lipinski definition) is 5. The number of rotatable bonds is 2. The zero-order valence-electron chi connectivity index (χ0n) is 9.83. The van der Waals surface area contributed by atoms with Crippen LogP contribution in [0.4, 0.5) is 5.69 Å². The third-order valence-corrected chi connectivity index (χ3v) is 3.51. The molecule has 4 nitrogen and oxygen atoms in total. The van der Waals surface area contributed by atoms with E-state index < -0.39 is 0 Å². The molecule has 3 rings (SSSR count). The maximum atomic E-state index is 9.06. The lowest BCUT2D eigenvalue weighted by atomic mass is 10.2. The third-order valence-electron chi connectivity index (χ3n) is 2.60. The van der Waals surface area contributed by atoms with Crippen LogP contribution in [0.2, 0.25) is 0 Å². The molecule has 0 saturated carbocycles. The molecule has 0 saturated heterocycles. The molecule has 0 spiro atoms. The molecular formula is C14H9N3OS. The van der Waals surface area contributed by atoms with Crippen LogP contribution in [0.1, 0.15) is 5.56 Å². The molecule has 0 aliphatic carbocycles. The molecule has 1 aromatic heterocycles. The number of ether oxygens (including phenoxy) is 1. The summed E-state index contributed by atoms with van der Waals surface area (Å²) in [5.41, 5.74) is 7.46. The van der Waals surface area contributed by atoms with Crippen LogP contribution in [0.3, 0.4) is 0 Å². The van der Waals surface area contributed by atoms with Crippen LogP contribution in [0, 0.1) is 11.3 Å². The molecule has 0 radical (unpaired) electrons. The Morgan fingerprint density at radius 3 is 2.84 bits per heavy atom. The van der Waals surface area contributed by atoms with E-state index in [0.29, 0.717) is 22.2 Å². The van der Waals surface area contributed by atoms with Crippen molar-refractivity contribution in [1.29, 1.82) is 5.26 Å². The van der Waals surface area contributed by atoms with E-state index >= 15 is 0 Å². The van der Waals surface area contributed by atoms with Crippen molar-refractivity contribution in [3.63, 3.8) is 0 Å². The van der Waals surface area contributed by atoms with Crippen molar-refractivity contribution < 1.29 is 4.74 Å². The normalized spacial score (nSPS) is 10.3. The number of aromatic nitrogens is 1. The van der Waals surface area contributed by atoms with Gasteiger partial charge >= 0.3 is 0 Å². The molecule has 0 aliphatic heterocycles. The first-order chi connectivity index (χ1) is 9.26. The summed E-state index contributed by atoms with van der Waals surface area (Å²) in [5.74, 6) is 0.468. The SMILES string of the molecule is N#Cc1cc(N)ccc1Oc1nc2ccccc2s1.